The number of hydrogen-bond donors (Lipinski definition) is 2. The van der Waals surface area contributed by atoms with E-state index in [4.69, 9.17) is 9.73 Å². The number of nitrogens with zero attached hydrogens (tertiary/aromatic N) is 3. The molecule has 2 amide bonds. The second-order valence-electron chi connectivity index (χ2n) is 10.4. The van der Waals surface area contributed by atoms with E-state index in [9.17, 15) is 9.59 Å². The number of ether oxygens (including phenoxy) is 1. The first-order valence-corrected chi connectivity index (χ1v) is 12.6. The molecule has 2 saturated heterocycles. The molecule has 182 valence electrons. The molecular weight excluding hydrogens is 406 g/mol. The number of guanidine groups is 1. The molecule has 3 fully saturated rings. The second-order valence-corrected chi connectivity index (χ2v) is 10.4. The highest BCUT2D eigenvalue weighted by Gasteiger charge is 2.33. The Balaban J connectivity index is 1.55. The van der Waals surface area contributed by atoms with Gasteiger partial charge in [-0.25, -0.2) is 4.79 Å². The zero-order valence-corrected chi connectivity index (χ0v) is 20.5. The van der Waals surface area contributed by atoms with Crippen molar-refractivity contribution in [1.82, 2.24) is 20.4 Å². The largest absolute Gasteiger partial charge is 0.444 e. The summed E-state index contributed by atoms with van der Waals surface area (Å²) in [6.07, 6.45) is 8.21. The first kappa shape index (κ1) is 24.6. The van der Waals surface area contributed by atoms with Gasteiger partial charge in [0.2, 0.25) is 5.91 Å². The number of aliphatic imine (C=N–C) groups is 1. The lowest BCUT2D eigenvalue weighted by Gasteiger charge is -2.36. The van der Waals surface area contributed by atoms with E-state index in [1.54, 1.807) is 0 Å². The van der Waals surface area contributed by atoms with Gasteiger partial charge in [0.1, 0.15) is 5.60 Å². The Hall–Kier alpha value is -1.99. The summed E-state index contributed by atoms with van der Waals surface area (Å²) in [5, 5.41) is 6.86. The van der Waals surface area contributed by atoms with E-state index in [1.165, 1.54) is 12.8 Å². The highest BCUT2D eigenvalue weighted by Crippen LogP contribution is 2.28. The Bertz CT molecular complexity index is 669. The molecule has 32 heavy (non-hydrogen) atoms. The average molecular weight is 450 g/mol. The lowest BCUT2D eigenvalue weighted by Crippen LogP contribution is -2.49. The van der Waals surface area contributed by atoms with Gasteiger partial charge in [0.25, 0.3) is 0 Å². The van der Waals surface area contributed by atoms with Crippen LogP contribution in [0.4, 0.5) is 4.79 Å². The van der Waals surface area contributed by atoms with Crippen LogP contribution in [0.5, 0.6) is 0 Å². The molecule has 1 aliphatic carbocycles. The summed E-state index contributed by atoms with van der Waals surface area (Å²) in [7, 11) is 0. The van der Waals surface area contributed by atoms with Crippen LogP contribution in [-0.4, -0.2) is 78.2 Å². The smallest absolute Gasteiger partial charge is 0.410 e. The quantitative estimate of drug-likeness (QED) is 0.497. The second kappa shape index (κ2) is 11.2. The van der Waals surface area contributed by atoms with Crippen molar-refractivity contribution in [1.29, 1.82) is 0 Å². The molecule has 0 spiro atoms. The summed E-state index contributed by atoms with van der Waals surface area (Å²) in [5.41, 5.74) is -0.497. The Kier molecular flexibility index (Phi) is 8.65. The van der Waals surface area contributed by atoms with E-state index >= 15 is 0 Å². The highest BCUT2D eigenvalue weighted by molar-refractivity contribution is 5.81. The molecule has 0 bridgehead atoms. The third-order valence-corrected chi connectivity index (χ3v) is 6.60. The third-order valence-electron chi connectivity index (χ3n) is 6.60. The van der Waals surface area contributed by atoms with Crippen LogP contribution in [0.25, 0.3) is 0 Å². The van der Waals surface area contributed by atoms with E-state index in [-0.39, 0.29) is 24.1 Å². The van der Waals surface area contributed by atoms with Crippen molar-refractivity contribution in [3.05, 3.63) is 0 Å². The number of piperidine rings is 1. The molecule has 1 saturated carbocycles. The summed E-state index contributed by atoms with van der Waals surface area (Å²) >= 11 is 0. The Morgan fingerprint density at radius 1 is 1.03 bits per heavy atom. The van der Waals surface area contributed by atoms with Crippen molar-refractivity contribution < 1.29 is 14.3 Å². The maximum atomic E-state index is 12.7. The molecule has 3 aliphatic rings. The summed E-state index contributed by atoms with van der Waals surface area (Å²) in [4.78, 5) is 34.1. The van der Waals surface area contributed by atoms with E-state index in [2.05, 4.69) is 17.6 Å². The van der Waals surface area contributed by atoms with Crippen LogP contribution >= 0.6 is 0 Å². The minimum Gasteiger partial charge on any atom is -0.444 e. The van der Waals surface area contributed by atoms with Gasteiger partial charge in [0, 0.05) is 38.1 Å². The SMILES string of the molecule is CCNC(=NCC1CCCCN1C(=O)OC(C)(C)C)NC1CCN(C(=O)C2CCCC2)C1. The number of rotatable bonds is 5. The monoisotopic (exact) mass is 449 g/mol. The molecule has 0 radical (unpaired) electrons. The molecule has 8 heteroatoms. The Morgan fingerprint density at radius 3 is 2.44 bits per heavy atom. The van der Waals surface area contributed by atoms with Crippen LogP contribution < -0.4 is 10.6 Å². The van der Waals surface area contributed by atoms with E-state index in [1.807, 2.05) is 30.6 Å². The summed E-state index contributed by atoms with van der Waals surface area (Å²) in [6.45, 7) is 11.4. The lowest BCUT2D eigenvalue weighted by atomic mass is 10.0. The Labute approximate surface area is 193 Å². The van der Waals surface area contributed by atoms with Gasteiger partial charge >= 0.3 is 6.09 Å². The fraction of sp³-hybridized carbons (Fsp3) is 0.875. The molecule has 3 rings (SSSR count). The number of hydrogen-bond acceptors (Lipinski definition) is 4. The van der Waals surface area contributed by atoms with Crippen LogP contribution in [0.2, 0.25) is 0 Å². The lowest BCUT2D eigenvalue weighted by molar-refractivity contribution is -0.134. The summed E-state index contributed by atoms with van der Waals surface area (Å²) in [5.74, 6) is 1.34. The molecule has 2 N–H and O–H groups in total. The van der Waals surface area contributed by atoms with Crippen LogP contribution in [0.15, 0.2) is 4.99 Å². The summed E-state index contributed by atoms with van der Waals surface area (Å²) in [6, 6.07) is 0.268. The number of carbonyl (C=O) groups is 2. The molecule has 0 aromatic carbocycles. The molecule has 2 aliphatic heterocycles. The number of amides is 2. The molecule has 2 heterocycles. The van der Waals surface area contributed by atoms with Gasteiger partial charge in [-0.05, 0) is 66.2 Å². The molecular formula is C24H43N5O3. The van der Waals surface area contributed by atoms with Gasteiger partial charge in [0.05, 0.1) is 12.6 Å². The maximum Gasteiger partial charge on any atom is 0.410 e. The fourth-order valence-corrected chi connectivity index (χ4v) is 4.97. The zero-order valence-electron chi connectivity index (χ0n) is 20.5. The van der Waals surface area contributed by atoms with Crippen LogP contribution in [0.1, 0.15) is 79.1 Å². The van der Waals surface area contributed by atoms with Gasteiger partial charge in [0.15, 0.2) is 5.96 Å². The van der Waals surface area contributed by atoms with Crippen molar-refractivity contribution in [2.45, 2.75) is 96.7 Å². The van der Waals surface area contributed by atoms with E-state index in [0.29, 0.717) is 12.5 Å². The highest BCUT2D eigenvalue weighted by atomic mass is 16.6. The molecule has 0 aromatic rings. The van der Waals surface area contributed by atoms with Crippen molar-refractivity contribution >= 4 is 18.0 Å². The van der Waals surface area contributed by atoms with Gasteiger partial charge in [-0.3, -0.25) is 9.79 Å². The van der Waals surface area contributed by atoms with E-state index < -0.39 is 5.60 Å². The minimum atomic E-state index is -0.497. The van der Waals surface area contributed by atoms with Gasteiger partial charge < -0.3 is 25.2 Å². The predicted octanol–water partition coefficient (Wildman–Crippen LogP) is 3.12. The Morgan fingerprint density at radius 2 is 1.75 bits per heavy atom. The van der Waals surface area contributed by atoms with Crippen molar-refractivity contribution in [3.8, 4) is 0 Å². The molecule has 0 aromatic heterocycles. The van der Waals surface area contributed by atoms with Crippen LogP contribution in [-0.2, 0) is 9.53 Å². The number of nitrogens with one attached hydrogen (secondary N) is 2. The maximum absolute atomic E-state index is 12.7. The van der Waals surface area contributed by atoms with Crippen LogP contribution in [0.3, 0.4) is 0 Å². The first-order valence-electron chi connectivity index (χ1n) is 12.6. The van der Waals surface area contributed by atoms with E-state index in [0.717, 1.165) is 70.7 Å². The third kappa shape index (κ3) is 7.01. The minimum absolute atomic E-state index is 0.0538. The van der Waals surface area contributed by atoms with Gasteiger partial charge in [-0.1, -0.05) is 12.8 Å². The standard InChI is InChI=1S/C24H43N5O3/c1-5-25-22(27-19-13-15-28(17-19)21(30)18-10-6-7-11-18)26-16-20-12-8-9-14-29(20)23(31)32-24(2,3)4/h18-20H,5-17H2,1-4H3,(H2,25,26,27). The van der Waals surface area contributed by atoms with Crippen molar-refractivity contribution in [2.24, 2.45) is 10.9 Å². The van der Waals surface area contributed by atoms with Crippen molar-refractivity contribution in [2.75, 3.05) is 32.7 Å². The zero-order chi connectivity index (χ0) is 23.1. The fourth-order valence-electron chi connectivity index (χ4n) is 4.97. The first-order chi connectivity index (χ1) is 15.3. The van der Waals surface area contributed by atoms with Crippen LogP contribution in [0, 0.1) is 5.92 Å². The average Bonchev–Trinajstić information content (AvgIpc) is 3.43. The molecule has 8 nitrogen and oxygen atoms in total. The molecule has 2 atom stereocenters. The molecule has 2 unspecified atom stereocenters. The summed E-state index contributed by atoms with van der Waals surface area (Å²) < 4.78 is 5.62. The van der Waals surface area contributed by atoms with Gasteiger partial charge in [-0.2, -0.15) is 0 Å². The number of likely N-dealkylation sites (tertiary alicyclic amines) is 2. The number of carbonyl (C=O) groups excluding carboxylic acids is 2. The topological polar surface area (TPSA) is 86.3 Å². The predicted molar refractivity (Wildman–Crippen MR) is 127 cm³/mol. The van der Waals surface area contributed by atoms with Crippen molar-refractivity contribution in [3.63, 3.8) is 0 Å². The normalized spacial score (nSPS) is 25.2. The van der Waals surface area contributed by atoms with Gasteiger partial charge in [-0.15, -0.1) is 0 Å².